The number of aliphatic imine (C=N–C) groups is 1. The predicted molar refractivity (Wildman–Crippen MR) is 89.4 cm³/mol. The van der Waals surface area contributed by atoms with E-state index in [2.05, 4.69) is 51.7 Å². The van der Waals surface area contributed by atoms with Gasteiger partial charge in [0.1, 0.15) is 0 Å². The third-order valence-corrected chi connectivity index (χ3v) is 4.09. The highest BCUT2D eigenvalue weighted by Gasteiger charge is 2.15. The summed E-state index contributed by atoms with van der Waals surface area (Å²) in [4.78, 5) is 6.69. The van der Waals surface area contributed by atoms with Gasteiger partial charge in [0, 0.05) is 33.7 Å². The molecule has 1 heterocycles. The summed E-state index contributed by atoms with van der Waals surface area (Å²) in [5.41, 5.74) is 2.69. The molecule has 0 spiro atoms. The van der Waals surface area contributed by atoms with Crippen LogP contribution in [0.4, 0.5) is 0 Å². The van der Waals surface area contributed by atoms with Gasteiger partial charge in [0.25, 0.3) is 0 Å². The largest absolute Gasteiger partial charge is 0.359 e. The zero-order valence-electron chi connectivity index (χ0n) is 13.5. The topological polar surface area (TPSA) is 39.7 Å². The first-order valence-electron chi connectivity index (χ1n) is 7.90. The molecular formula is C17H28N4. The summed E-state index contributed by atoms with van der Waals surface area (Å²) < 4.78 is 0. The highest BCUT2D eigenvalue weighted by Crippen LogP contribution is 2.18. The maximum absolute atomic E-state index is 4.11. The van der Waals surface area contributed by atoms with Crippen molar-refractivity contribution >= 4 is 5.96 Å². The minimum atomic E-state index is 0.800. The van der Waals surface area contributed by atoms with Crippen molar-refractivity contribution < 1.29 is 0 Å². The summed E-state index contributed by atoms with van der Waals surface area (Å²) in [5, 5.41) is 6.29. The van der Waals surface area contributed by atoms with Gasteiger partial charge in [-0.3, -0.25) is 9.89 Å². The summed E-state index contributed by atoms with van der Waals surface area (Å²) in [7, 11) is 3.65. The molecule has 1 saturated heterocycles. The van der Waals surface area contributed by atoms with Crippen LogP contribution in [0.3, 0.4) is 0 Å². The van der Waals surface area contributed by atoms with Crippen LogP contribution in [0.15, 0.2) is 29.3 Å². The summed E-state index contributed by atoms with van der Waals surface area (Å²) in [5.74, 6) is 1.66. The van der Waals surface area contributed by atoms with E-state index < -0.39 is 0 Å². The van der Waals surface area contributed by atoms with Crippen molar-refractivity contribution in [2.75, 3.05) is 27.2 Å². The highest BCUT2D eigenvalue weighted by molar-refractivity contribution is 5.79. The first-order chi connectivity index (χ1) is 10.2. The Morgan fingerprint density at radius 1 is 1.29 bits per heavy atom. The Bertz CT molecular complexity index is 452. The van der Waals surface area contributed by atoms with Crippen molar-refractivity contribution in [1.29, 1.82) is 0 Å². The molecule has 2 rings (SSSR count). The molecule has 1 fully saturated rings. The van der Waals surface area contributed by atoms with E-state index in [1.807, 2.05) is 7.05 Å². The molecule has 0 radical (unpaired) electrons. The Morgan fingerprint density at radius 3 is 2.62 bits per heavy atom. The molecular weight excluding hydrogens is 260 g/mol. The molecule has 0 aliphatic carbocycles. The number of likely N-dealkylation sites (tertiary alicyclic amines) is 1. The summed E-state index contributed by atoms with van der Waals surface area (Å²) >= 11 is 0. The van der Waals surface area contributed by atoms with E-state index in [1.165, 1.54) is 37.1 Å². The van der Waals surface area contributed by atoms with Crippen molar-refractivity contribution in [1.82, 2.24) is 15.5 Å². The molecule has 116 valence electrons. The maximum atomic E-state index is 4.11. The van der Waals surface area contributed by atoms with E-state index in [4.69, 9.17) is 0 Å². The fourth-order valence-corrected chi connectivity index (χ4v) is 2.92. The molecule has 1 aliphatic rings. The highest BCUT2D eigenvalue weighted by atomic mass is 15.1. The summed E-state index contributed by atoms with van der Waals surface area (Å²) in [6.07, 6.45) is 2.72. The van der Waals surface area contributed by atoms with Gasteiger partial charge >= 0.3 is 0 Å². The van der Waals surface area contributed by atoms with Crippen LogP contribution in [0.5, 0.6) is 0 Å². The van der Waals surface area contributed by atoms with Gasteiger partial charge in [-0.05, 0) is 36.4 Å². The average Bonchev–Trinajstić information content (AvgIpc) is 2.50. The maximum Gasteiger partial charge on any atom is 0.190 e. The van der Waals surface area contributed by atoms with Crippen LogP contribution in [-0.4, -0.2) is 38.0 Å². The zero-order chi connectivity index (χ0) is 15.1. The molecule has 1 atom stereocenters. The van der Waals surface area contributed by atoms with E-state index in [1.54, 1.807) is 7.05 Å². The molecule has 21 heavy (non-hydrogen) atoms. The van der Waals surface area contributed by atoms with E-state index in [-0.39, 0.29) is 0 Å². The number of benzene rings is 1. The number of nitrogens with zero attached hydrogens (tertiary/aromatic N) is 2. The molecule has 2 N–H and O–H groups in total. The van der Waals surface area contributed by atoms with Gasteiger partial charge in [0.2, 0.25) is 0 Å². The van der Waals surface area contributed by atoms with Crippen LogP contribution in [0.2, 0.25) is 0 Å². The number of guanidine groups is 1. The predicted octanol–water partition coefficient (Wildman–Crippen LogP) is 2.21. The molecule has 1 aromatic rings. The Kier molecular flexibility index (Phi) is 6.05. The molecule has 0 bridgehead atoms. The van der Waals surface area contributed by atoms with Crippen LogP contribution in [-0.2, 0) is 13.1 Å². The molecule has 0 amide bonds. The summed E-state index contributed by atoms with van der Waals surface area (Å²) in [6.45, 7) is 6.72. The number of nitrogens with one attached hydrogen (secondary N) is 2. The van der Waals surface area contributed by atoms with Crippen molar-refractivity contribution in [3.05, 3.63) is 35.4 Å². The van der Waals surface area contributed by atoms with Gasteiger partial charge in [-0.15, -0.1) is 0 Å². The summed E-state index contributed by atoms with van der Waals surface area (Å²) in [6, 6.07) is 8.91. The number of piperidine rings is 1. The quantitative estimate of drug-likeness (QED) is 0.659. The van der Waals surface area contributed by atoms with Crippen molar-refractivity contribution in [3.8, 4) is 0 Å². The lowest BCUT2D eigenvalue weighted by Gasteiger charge is -2.30. The lowest BCUT2D eigenvalue weighted by Crippen LogP contribution is -2.34. The standard InChI is InChI=1S/C17H28N4/c1-14-5-4-10-21(12-14)13-16-8-6-15(7-9-16)11-20-17(18-2)19-3/h6-9,14H,4-5,10-13H2,1-3H3,(H2,18,19,20)/t14-/m1/s1. The fourth-order valence-electron chi connectivity index (χ4n) is 2.92. The molecule has 0 saturated carbocycles. The van der Waals surface area contributed by atoms with Crippen LogP contribution in [0.25, 0.3) is 0 Å². The SMILES string of the molecule is CN=C(NC)NCc1ccc(CN2CCC[C@@H](C)C2)cc1. The number of hydrogen-bond acceptors (Lipinski definition) is 2. The number of rotatable bonds is 4. The Morgan fingerprint density at radius 2 is 2.00 bits per heavy atom. The third kappa shape index (κ3) is 5.05. The molecule has 0 unspecified atom stereocenters. The van der Waals surface area contributed by atoms with Crippen LogP contribution >= 0.6 is 0 Å². The monoisotopic (exact) mass is 288 g/mol. The lowest BCUT2D eigenvalue weighted by molar-refractivity contribution is 0.176. The second kappa shape index (κ2) is 8.03. The molecule has 4 heteroatoms. The van der Waals surface area contributed by atoms with Crippen LogP contribution in [0, 0.1) is 5.92 Å². The molecule has 1 aromatic carbocycles. The van der Waals surface area contributed by atoms with Gasteiger partial charge in [-0.1, -0.05) is 31.2 Å². The fraction of sp³-hybridized carbons (Fsp3) is 0.588. The van der Waals surface area contributed by atoms with E-state index in [0.717, 1.165) is 25.0 Å². The zero-order valence-corrected chi connectivity index (χ0v) is 13.5. The second-order valence-corrected chi connectivity index (χ2v) is 5.97. The van der Waals surface area contributed by atoms with Gasteiger partial charge in [0.05, 0.1) is 0 Å². The Hall–Kier alpha value is -1.55. The third-order valence-electron chi connectivity index (χ3n) is 4.09. The molecule has 4 nitrogen and oxygen atoms in total. The van der Waals surface area contributed by atoms with E-state index in [9.17, 15) is 0 Å². The minimum absolute atomic E-state index is 0.800. The molecule has 1 aliphatic heterocycles. The lowest BCUT2D eigenvalue weighted by atomic mass is 9.99. The second-order valence-electron chi connectivity index (χ2n) is 5.97. The van der Waals surface area contributed by atoms with E-state index >= 15 is 0 Å². The van der Waals surface area contributed by atoms with Gasteiger partial charge in [-0.2, -0.15) is 0 Å². The van der Waals surface area contributed by atoms with E-state index in [0.29, 0.717) is 0 Å². The van der Waals surface area contributed by atoms with Crippen molar-refractivity contribution in [2.45, 2.75) is 32.9 Å². The van der Waals surface area contributed by atoms with Crippen LogP contribution in [0.1, 0.15) is 30.9 Å². The molecule has 0 aromatic heterocycles. The minimum Gasteiger partial charge on any atom is -0.359 e. The van der Waals surface area contributed by atoms with Crippen LogP contribution < -0.4 is 10.6 Å². The average molecular weight is 288 g/mol. The van der Waals surface area contributed by atoms with Gasteiger partial charge < -0.3 is 10.6 Å². The van der Waals surface area contributed by atoms with Crippen molar-refractivity contribution in [3.63, 3.8) is 0 Å². The smallest absolute Gasteiger partial charge is 0.190 e. The Balaban J connectivity index is 1.84. The first-order valence-corrected chi connectivity index (χ1v) is 7.90. The van der Waals surface area contributed by atoms with Gasteiger partial charge in [0.15, 0.2) is 5.96 Å². The van der Waals surface area contributed by atoms with Gasteiger partial charge in [-0.25, -0.2) is 0 Å². The first kappa shape index (κ1) is 15.8. The van der Waals surface area contributed by atoms with Crippen molar-refractivity contribution in [2.24, 2.45) is 10.9 Å². The Labute approximate surface area is 128 Å². The number of hydrogen-bond donors (Lipinski definition) is 2. The normalized spacial score (nSPS) is 20.3.